The minimum atomic E-state index is -0.384. The molecule has 2 rings (SSSR count). The average molecular weight is 279 g/mol. The van der Waals surface area contributed by atoms with E-state index in [9.17, 15) is 10.1 Å². The molecule has 0 saturated carbocycles. The quantitative estimate of drug-likeness (QED) is 0.673. The van der Waals surface area contributed by atoms with Crippen LogP contribution in [-0.2, 0) is 0 Å². The minimum Gasteiger partial charge on any atom is -0.364 e. The topological polar surface area (TPSA) is 84.2 Å². The van der Waals surface area contributed by atoms with Crippen molar-refractivity contribution in [1.29, 1.82) is 0 Å². The van der Waals surface area contributed by atoms with E-state index in [-0.39, 0.29) is 16.7 Å². The summed E-state index contributed by atoms with van der Waals surface area (Å²) in [5.74, 6) is 0.745. The molecular weight excluding hydrogens is 258 g/mol. The van der Waals surface area contributed by atoms with E-state index in [2.05, 4.69) is 22.2 Å². The predicted molar refractivity (Wildman–Crippen MR) is 78.1 cm³/mol. The third kappa shape index (κ3) is 2.97. The molecule has 0 aromatic carbocycles. The second-order valence-corrected chi connectivity index (χ2v) is 5.07. The maximum atomic E-state index is 11.4. The molecule has 1 aromatic heterocycles. The van der Waals surface area contributed by atoms with Crippen molar-refractivity contribution >= 4 is 17.3 Å². The predicted octanol–water partition coefficient (Wildman–Crippen LogP) is 2.59. The molecule has 20 heavy (non-hydrogen) atoms. The number of nitrogens with one attached hydrogen (secondary N) is 1. The lowest BCUT2D eigenvalue weighted by atomic mass is 10.1. The largest absolute Gasteiger partial charge is 0.364 e. The van der Waals surface area contributed by atoms with Crippen LogP contribution < -0.4 is 10.2 Å². The molecule has 1 saturated heterocycles. The van der Waals surface area contributed by atoms with Gasteiger partial charge in [0.2, 0.25) is 11.6 Å². The summed E-state index contributed by atoms with van der Waals surface area (Å²) < 4.78 is 0. The van der Waals surface area contributed by atoms with Crippen LogP contribution in [0.4, 0.5) is 17.3 Å². The van der Waals surface area contributed by atoms with Crippen LogP contribution in [0.25, 0.3) is 0 Å². The highest BCUT2D eigenvalue weighted by molar-refractivity contribution is 5.70. The molecule has 2 heterocycles. The maximum Gasteiger partial charge on any atom is 0.353 e. The number of nitrogens with zero attached hydrogens (tertiary/aromatic N) is 4. The standard InChI is InChI=1S/C13H21N5O2/c1-3-14-12-11(18(19)20)13(16-9-15-12)17-8-6-4-5-7-10(17)2/h9-10H,3-8H2,1-2H3,(H,14,15,16). The lowest BCUT2D eigenvalue weighted by Gasteiger charge is -2.27. The molecule has 110 valence electrons. The fourth-order valence-electron chi connectivity index (χ4n) is 2.63. The zero-order valence-electron chi connectivity index (χ0n) is 12.0. The molecule has 1 aliphatic rings. The number of hydrogen-bond donors (Lipinski definition) is 1. The van der Waals surface area contributed by atoms with Gasteiger partial charge in [-0.3, -0.25) is 10.1 Å². The van der Waals surface area contributed by atoms with Gasteiger partial charge in [-0.05, 0) is 26.7 Å². The summed E-state index contributed by atoms with van der Waals surface area (Å²) in [7, 11) is 0. The van der Waals surface area contributed by atoms with Crippen LogP contribution in [0.2, 0.25) is 0 Å². The van der Waals surface area contributed by atoms with Crippen LogP contribution in [0, 0.1) is 10.1 Å². The number of aromatic nitrogens is 2. The maximum absolute atomic E-state index is 11.4. The van der Waals surface area contributed by atoms with Crippen LogP contribution in [0.5, 0.6) is 0 Å². The van der Waals surface area contributed by atoms with E-state index in [1.807, 2.05) is 11.8 Å². The molecule has 7 heteroatoms. The van der Waals surface area contributed by atoms with Gasteiger partial charge in [-0.15, -0.1) is 0 Å². The number of nitro groups is 1. The van der Waals surface area contributed by atoms with Crippen molar-refractivity contribution in [2.45, 2.75) is 45.6 Å². The van der Waals surface area contributed by atoms with Crippen molar-refractivity contribution in [3.8, 4) is 0 Å². The van der Waals surface area contributed by atoms with E-state index in [1.165, 1.54) is 12.7 Å². The van der Waals surface area contributed by atoms with Gasteiger partial charge in [0, 0.05) is 19.1 Å². The van der Waals surface area contributed by atoms with E-state index >= 15 is 0 Å². The molecular formula is C13H21N5O2. The Labute approximate surface area is 118 Å². The van der Waals surface area contributed by atoms with Crippen molar-refractivity contribution < 1.29 is 4.92 Å². The van der Waals surface area contributed by atoms with E-state index in [0.717, 1.165) is 25.8 Å². The molecule has 0 spiro atoms. The molecule has 7 nitrogen and oxygen atoms in total. The van der Waals surface area contributed by atoms with Crippen LogP contribution >= 0.6 is 0 Å². The van der Waals surface area contributed by atoms with Crippen molar-refractivity contribution in [1.82, 2.24) is 9.97 Å². The Balaban J connectivity index is 2.43. The summed E-state index contributed by atoms with van der Waals surface area (Å²) in [6, 6.07) is 0.264. The Morgan fingerprint density at radius 3 is 2.95 bits per heavy atom. The fourth-order valence-corrected chi connectivity index (χ4v) is 2.63. The highest BCUT2D eigenvalue weighted by atomic mass is 16.6. The van der Waals surface area contributed by atoms with Gasteiger partial charge in [-0.2, -0.15) is 0 Å². The smallest absolute Gasteiger partial charge is 0.353 e. The summed E-state index contributed by atoms with van der Waals surface area (Å²) in [6.07, 6.45) is 5.81. The highest BCUT2D eigenvalue weighted by Gasteiger charge is 2.29. The molecule has 0 radical (unpaired) electrons. The van der Waals surface area contributed by atoms with Crippen molar-refractivity contribution in [2.75, 3.05) is 23.3 Å². The Hall–Kier alpha value is -1.92. The summed E-state index contributed by atoms with van der Waals surface area (Å²) in [5.41, 5.74) is -0.0110. The Bertz CT molecular complexity index is 480. The first kappa shape index (κ1) is 14.5. The summed E-state index contributed by atoms with van der Waals surface area (Å²) in [5, 5.41) is 14.4. The van der Waals surface area contributed by atoms with Crippen LogP contribution in [0.1, 0.15) is 39.5 Å². The minimum absolute atomic E-state index is 0.0110. The van der Waals surface area contributed by atoms with Crippen molar-refractivity contribution in [3.05, 3.63) is 16.4 Å². The van der Waals surface area contributed by atoms with Crippen LogP contribution in [0.15, 0.2) is 6.33 Å². The van der Waals surface area contributed by atoms with Gasteiger partial charge in [-0.1, -0.05) is 12.8 Å². The Kier molecular flexibility index (Phi) is 4.70. The van der Waals surface area contributed by atoms with Gasteiger partial charge in [0.1, 0.15) is 6.33 Å². The Morgan fingerprint density at radius 2 is 2.25 bits per heavy atom. The van der Waals surface area contributed by atoms with Gasteiger partial charge in [0.15, 0.2) is 0 Å². The third-order valence-corrected chi connectivity index (χ3v) is 3.65. The normalized spacial score (nSPS) is 19.5. The van der Waals surface area contributed by atoms with Crippen LogP contribution in [0.3, 0.4) is 0 Å². The molecule has 1 aliphatic heterocycles. The molecule has 0 bridgehead atoms. The monoisotopic (exact) mass is 279 g/mol. The summed E-state index contributed by atoms with van der Waals surface area (Å²) >= 11 is 0. The molecule has 1 unspecified atom stereocenters. The van der Waals surface area contributed by atoms with Crippen molar-refractivity contribution in [2.24, 2.45) is 0 Å². The van der Waals surface area contributed by atoms with Gasteiger partial charge in [0.25, 0.3) is 0 Å². The molecule has 1 N–H and O–H groups in total. The first-order valence-corrected chi connectivity index (χ1v) is 7.15. The van der Waals surface area contributed by atoms with E-state index in [0.29, 0.717) is 18.2 Å². The number of anilines is 2. The zero-order valence-corrected chi connectivity index (χ0v) is 12.0. The molecule has 0 amide bonds. The number of rotatable bonds is 4. The number of hydrogen-bond acceptors (Lipinski definition) is 6. The lowest BCUT2D eigenvalue weighted by Crippen LogP contribution is -2.34. The zero-order chi connectivity index (χ0) is 14.5. The van der Waals surface area contributed by atoms with Gasteiger partial charge in [-0.25, -0.2) is 9.97 Å². The third-order valence-electron chi connectivity index (χ3n) is 3.65. The highest BCUT2D eigenvalue weighted by Crippen LogP contribution is 2.34. The van der Waals surface area contributed by atoms with Crippen molar-refractivity contribution in [3.63, 3.8) is 0 Å². The fraction of sp³-hybridized carbons (Fsp3) is 0.692. The summed E-state index contributed by atoms with van der Waals surface area (Å²) in [6.45, 7) is 5.39. The SMILES string of the molecule is CCNc1ncnc(N2CCCCCC2C)c1[N+](=O)[O-]. The molecule has 1 fully saturated rings. The molecule has 1 atom stereocenters. The van der Waals surface area contributed by atoms with Gasteiger partial charge in [0.05, 0.1) is 4.92 Å². The lowest BCUT2D eigenvalue weighted by molar-refractivity contribution is -0.383. The second-order valence-electron chi connectivity index (χ2n) is 5.07. The van der Waals surface area contributed by atoms with Crippen LogP contribution in [-0.4, -0.2) is 34.0 Å². The molecule has 1 aromatic rings. The van der Waals surface area contributed by atoms with E-state index < -0.39 is 0 Å². The van der Waals surface area contributed by atoms with E-state index in [1.54, 1.807) is 0 Å². The molecule has 0 aliphatic carbocycles. The van der Waals surface area contributed by atoms with Gasteiger partial charge < -0.3 is 10.2 Å². The van der Waals surface area contributed by atoms with Gasteiger partial charge >= 0.3 is 5.69 Å². The average Bonchev–Trinajstić information content (AvgIpc) is 2.63. The first-order chi connectivity index (χ1) is 9.65. The Morgan fingerprint density at radius 1 is 1.45 bits per heavy atom. The summed E-state index contributed by atoms with van der Waals surface area (Å²) in [4.78, 5) is 21.3. The van der Waals surface area contributed by atoms with E-state index in [4.69, 9.17) is 0 Å². The second kappa shape index (κ2) is 6.49. The first-order valence-electron chi connectivity index (χ1n) is 7.15.